The zero-order valence-corrected chi connectivity index (χ0v) is 9.97. The van der Waals surface area contributed by atoms with Crippen LogP contribution in [-0.4, -0.2) is 36.6 Å². The van der Waals surface area contributed by atoms with Gasteiger partial charge in [0.25, 0.3) is 0 Å². The van der Waals surface area contributed by atoms with Crippen molar-refractivity contribution in [2.75, 3.05) is 19.6 Å². The number of hydrogen-bond donors (Lipinski definition) is 1. The van der Waals surface area contributed by atoms with Crippen molar-refractivity contribution in [2.45, 2.75) is 51.1 Å². The SMILES string of the molecule is C=C(CNC1CC1)CN1CCCC1CC. The van der Waals surface area contributed by atoms with Crippen molar-refractivity contribution >= 4 is 0 Å². The third-order valence-corrected chi connectivity index (χ3v) is 3.62. The van der Waals surface area contributed by atoms with Gasteiger partial charge in [-0.1, -0.05) is 13.5 Å². The van der Waals surface area contributed by atoms with Crippen LogP contribution >= 0.6 is 0 Å². The quantitative estimate of drug-likeness (QED) is 0.673. The number of likely N-dealkylation sites (tertiary alicyclic amines) is 1. The predicted molar refractivity (Wildman–Crippen MR) is 65.1 cm³/mol. The largest absolute Gasteiger partial charge is 0.310 e. The Labute approximate surface area is 93.7 Å². The molecule has 0 aromatic carbocycles. The summed E-state index contributed by atoms with van der Waals surface area (Å²) in [6.45, 7) is 9.90. The van der Waals surface area contributed by atoms with Crippen LogP contribution in [0.15, 0.2) is 12.2 Å². The van der Waals surface area contributed by atoms with Crippen LogP contribution in [-0.2, 0) is 0 Å². The van der Waals surface area contributed by atoms with Gasteiger partial charge in [-0.15, -0.1) is 0 Å². The maximum atomic E-state index is 4.18. The molecule has 1 aliphatic heterocycles. The van der Waals surface area contributed by atoms with Crippen molar-refractivity contribution in [1.29, 1.82) is 0 Å². The molecule has 0 radical (unpaired) electrons. The van der Waals surface area contributed by atoms with Crippen LogP contribution in [0, 0.1) is 0 Å². The third kappa shape index (κ3) is 3.32. The van der Waals surface area contributed by atoms with Gasteiger partial charge in [-0.2, -0.15) is 0 Å². The Morgan fingerprint density at radius 2 is 2.20 bits per heavy atom. The van der Waals surface area contributed by atoms with Crippen molar-refractivity contribution in [1.82, 2.24) is 10.2 Å². The Morgan fingerprint density at radius 3 is 2.87 bits per heavy atom. The predicted octanol–water partition coefficient (Wildman–Crippen LogP) is 2.17. The van der Waals surface area contributed by atoms with Crippen LogP contribution in [0.3, 0.4) is 0 Å². The molecule has 0 bridgehead atoms. The molecule has 1 N–H and O–H groups in total. The molecule has 1 heterocycles. The van der Waals surface area contributed by atoms with Gasteiger partial charge in [0.1, 0.15) is 0 Å². The molecule has 86 valence electrons. The highest BCUT2D eigenvalue weighted by atomic mass is 15.2. The Balaban J connectivity index is 1.67. The highest BCUT2D eigenvalue weighted by molar-refractivity contribution is 5.03. The fourth-order valence-corrected chi connectivity index (χ4v) is 2.48. The summed E-state index contributed by atoms with van der Waals surface area (Å²) in [4.78, 5) is 2.61. The van der Waals surface area contributed by atoms with Gasteiger partial charge in [-0.25, -0.2) is 0 Å². The van der Waals surface area contributed by atoms with Gasteiger partial charge >= 0.3 is 0 Å². The zero-order valence-electron chi connectivity index (χ0n) is 9.97. The van der Waals surface area contributed by atoms with E-state index in [1.807, 2.05) is 0 Å². The van der Waals surface area contributed by atoms with E-state index in [0.29, 0.717) is 0 Å². The summed E-state index contributed by atoms with van der Waals surface area (Å²) in [5.74, 6) is 0. The average Bonchev–Trinajstić information content (AvgIpc) is 2.96. The van der Waals surface area contributed by atoms with Crippen LogP contribution < -0.4 is 5.32 Å². The van der Waals surface area contributed by atoms with Crippen molar-refractivity contribution in [3.8, 4) is 0 Å². The van der Waals surface area contributed by atoms with E-state index in [0.717, 1.165) is 25.2 Å². The molecule has 1 saturated carbocycles. The van der Waals surface area contributed by atoms with E-state index in [-0.39, 0.29) is 0 Å². The molecule has 0 amide bonds. The molecule has 1 unspecified atom stereocenters. The lowest BCUT2D eigenvalue weighted by Gasteiger charge is -2.24. The smallest absolute Gasteiger partial charge is 0.0205 e. The highest BCUT2D eigenvalue weighted by Crippen LogP contribution is 2.21. The average molecular weight is 208 g/mol. The van der Waals surface area contributed by atoms with Crippen molar-refractivity contribution in [3.05, 3.63) is 12.2 Å². The lowest BCUT2D eigenvalue weighted by Crippen LogP contribution is -2.33. The molecule has 1 saturated heterocycles. The second kappa shape index (κ2) is 5.13. The first kappa shape index (κ1) is 11.2. The Kier molecular flexibility index (Phi) is 3.81. The van der Waals surface area contributed by atoms with E-state index in [2.05, 4.69) is 23.7 Å². The molecule has 0 aromatic rings. The van der Waals surface area contributed by atoms with Crippen LogP contribution in [0.25, 0.3) is 0 Å². The van der Waals surface area contributed by atoms with E-state index >= 15 is 0 Å². The number of rotatable bonds is 6. The summed E-state index contributed by atoms with van der Waals surface area (Å²) in [5, 5.41) is 3.54. The molecule has 2 rings (SSSR count). The van der Waals surface area contributed by atoms with Crippen LogP contribution in [0.5, 0.6) is 0 Å². The molecule has 2 fully saturated rings. The maximum Gasteiger partial charge on any atom is 0.0205 e. The first-order chi connectivity index (χ1) is 7.29. The highest BCUT2D eigenvalue weighted by Gasteiger charge is 2.24. The first-order valence-electron chi connectivity index (χ1n) is 6.43. The zero-order chi connectivity index (χ0) is 10.7. The summed E-state index contributed by atoms with van der Waals surface area (Å²) < 4.78 is 0. The van der Waals surface area contributed by atoms with Crippen LogP contribution in [0.1, 0.15) is 39.0 Å². The van der Waals surface area contributed by atoms with Crippen LogP contribution in [0.4, 0.5) is 0 Å². The fraction of sp³-hybridized carbons (Fsp3) is 0.846. The minimum Gasteiger partial charge on any atom is -0.310 e. The van der Waals surface area contributed by atoms with Crippen LogP contribution in [0.2, 0.25) is 0 Å². The lowest BCUT2D eigenvalue weighted by atomic mass is 10.1. The summed E-state index contributed by atoms with van der Waals surface area (Å²) in [5.41, 5.74) is 1.36. The normalized spacial score (nSPS) is 27.1. The molecular formula is C13H24N2. The van der Waals surface area contributed by atoms with E-state index < -0.39 is 0 Å². The van der Waals surface area contributed by atoms with E-state index in [9.17, 15) is 0 Å². The Hall–Kier alpha value is -0.340. The standard InChI is InChI=1S/C13H24N2/c1-3-13-5-4-8-15(13)10-11(2)9-14-12-6-7-12/h12-14H,2-10H2,1H3. The molecule has 15 heavy (non-hydrogen) atoms. The monoisotopic (exact) mass is 208 g/mol. The third-order valence-electron chi connectivity index (χ3n) is 3.62. The van der Waals surface area contributed by atoms with Gasteiger partial charge in [0.2, 0.25) is 0 Å². The molecule has 1 aliphatic carbocycles. The molecular weight excluding hydrogens is 184 g/mol. The Morgan fingerprint density at radius 1 is 1.40 bits per heavy atom. The molecule has 1 atom stereocenters. The molecule has 0 aromatic heterocycles. The topological polar surface area (TPSA) is 15.3 Å². The molecule has 2 heteroatoms. The van der Waals surface area contributed by atoms with Crippen molar-refractivity contribution in [3.63, 3.8) is 0 Å². The lowest BCUT2D eigenvalue weighted by molar-refractivity contribution is 0.267. The fourth-order valence-electron chi connectivity index (χ4n) is 2.48. The summed E-state index contributed by atoms with van der Waals surface area (Å²) in [6, 6.07) is 1.63. The van der Waals surface area contributed by atoms with Gasteiger partial charge in [0.05, 0.1) is 0 Å². The van der Waals surface area contributed by atoms with E-state index in [1.165, 1.54) is 44.2 Å². The summed E-state index contributed by atoms with van der Waals surface area (Å²) in [7, 11) is 0. The molecule has 2 aliphatic rings. The summed E-state index contributed by atoms with van der Waals surface area (Å²) >= 11 is 0. The second-order valence-electron chi connectivity index (χ2n) is 5.08. The second-order valence-corrected chi connectivity index (χ2v) is 5.08. The number of nitrogens with one attached hydrogen (secondary N) is 1. The van der Waals surface area contributed by atoms with E-state index in [4.69, 9.17) is 0 Å². The van der Waals surface area contributed by atoms with Gasteiger partial charge in [-0.05, 0) is 44.2 Å². The maximum absolute atomic E-state index is 4.18. The summed E-state index contributed by atoms with van der Waals surface area (Å²) in [6.07, 6.45) is 6.80. The molecule has 0 spiro atoms. The van der Waals surface area contributed by atoms with Gasteiger partial charge in [0, 0.05) is 25.2 Å². The van der Waals surface area contributed by atoms with Crippen molar-refractivity contribution < 1.29 is 0 Å². The van der Waals surface area contributed by atoms with Crippen molar-refractivity contribution in [2.24, 2.45) is 0 Å². The Bertz CT molecular complexity index is 221. The van der Waals surface area contributed by atoms with E-state index in [1.54, 1.807) is 0 Å². The minimum atomic E-state index is 0.808. The van der Waals surface area contributed by atoms with Gasteiger partial charge in [-0.3, -0.25) is 4.90 Å². The number of hydrogen-bond acceptors (Lipinski definition) is 2. The minimum absolute atomic E-state index is 0.808. The first-order valence-corrected chi connectivity index (χ1v) is 6.43. The van der Waals surface area contributed by atoms with Gasteiger partial charge in [0.15, 0.2) is 0 Å². The van der Waals surface area contributed by atoms with Gasteiger partial charge < -0.3 is 5.32 Å². The number of nitrogens with zero attached hydrogens (tertiary/aromatic N) is 1. The molecule has 2 nitrogen and oxygen atoms in total.